The van der Waals surface area contributed by atoms with Gasteiger partial charge >= 0.3 is 6.18 Å². The van der Waals surface area contributed by atoms with Crippen LogP contribution < -0.4 is 10.2 Å². The second-order valence-corrected chi connectivity index (χ2v) is 6.88. The van der Waals surface area contributed by atoms with E-state index in [1.165, 1.54) is 11.0 Å². The van der Waals surface area contributed by atoms with Gasteiger partial charge in [-0.25, -0.2) is 0 Å². The van der Waals surface area contributed by atoms with E-state index in [9.17, 15) is 22.8 Å². The average molecular weight is 369 g/mol. The number of nitrogens with zero attached hydrogens (tertiary/aromatic N) is 2. The van der Waals surface area contributed by atoms with E-state index in [2.05, 4.69) is 5.32 Å². The molecular weight excluding hydrogens is 347 g/mol. The largest absolute Gasteiger partial charge is 0.416 e. The minimum Gasteiger partial charge on any atom is -0.338 e. The first-order chi connectivity index (χ1) is 12.3. The van der Waals surface area contributed by atoms with Gasteiger partial charge in [-0.2, -0.15) is 13.2 Å². The molecule has 2 saturated heterocycles. The van der Waals surface area contributed by atoms with E-state index < -0.39 is 17.6 Å². The van der Waals surface area contributed by atoms with E-state index >= 15 is 0 Å². The molecule has 1 unspecified atom stereocenters. The molecule has 0 aliphatic carbocycles. The first-order valence-corrected chi connectivity index (χ1v) is 8.76. The van der Waals surface area contributed by atoms with E-state index in [1.54, 1.807) is 4.90 Å². The lowest BCUT2D eigenvalue weighted by Gasteiger charge is -2.21. The number of hydrogen-bond acceptors (Lipinski definition) is 3. The summed E-state index contributed by atoms with van der Waals surface area (Å²) in [4.78, 5) is 27.6. The lowest BCUT2D eigenvalue weighted by Crippen LogP contribution is -2.31. The summed E-state index contributed by atoms with van der Waals surface area (Å²) in [6.07, 6.45) is -2.83. The Bertz CT molecular complexity index is 705. The van der Waals surface area contributed by atoms with Gasteiger partial charge in [0.2, 0.25) is 5.91 Å². The van der Waals surface area contributed by atoms with Crippen molar-refractivity contribution in [3.8, 4) is 0 Å². The minimum atomic E-state index is -4.58. The van der Waals surface area contributed by atoms with E-state index in [0.29, 0.717) is 38.4 Å². The number of amides is 2. The Balaban J connectivity index is 1.90. The van der Waals surface area contributed by atoms with Crippen LogP contribution in [0.5, 0.6) is 0 Å². The van der Waals surface area contributed by atoms with Gasteiger partial charge in [0.1, 0.15) is 0 Å². The number of halogens is 3. The fourth-order valence-electron chi connectivity index (χ4n) is 3.63. The van der Waals surface area contributed by atoms with Gasteiger partial charge < -0.3 is 15.1 Å². The third-order valence-corrected chi connectivity index (χ3v) is 4.94. The lowest BCUT2D eigenvalue weighted by atomic mass is 10.1. The van der Waals surface area contributed by atoms with Crippen molar-refractivity contribution < 1.29 is 22.8 Å². The summed E-state index contributed by atoms with van der Waals surface area (Å²) < 4.78 is 39.9. The number of anilines is 1. The van der Waals surface area contributed by atoms with Gasteiger partial charge in [0.25, 0.3) is 5.91 Å². The van der Waals surface area contributed by atoms with E-state index in [0.717, 1.165) is 25.1 Å². The maximum atomic E-state index is 13.3. The molecule has 1 atom stereocenters. The Labute approximate surface area is 150 Å². The van der Waals surface area contributed by atoms with Crippen molar-refractivity contribution in [3.63, 3.8) is 0 Å². The van der Waals surface area contributed by atoms with Crippen LogP contribution in [-0.2, 0) is 11.0 Å². The molecule has 8 heteroatoms. The standard InChI is InChI=1S/C18H22F3N3O2/c1-22-10-12-4-6-23(11-12)17(26)13-7-14(18(19,20)21)9-15(8-13)24-5-2-3-16(24)25/h7-9,12,22H,2-6,10-11H2,1H3. The molecule has 0 spiro atoms. The Hall–Kier alpha value is -2.09. The molecule has 1 aromatic carbocycles. The van der Waals surface area contributed by atoms with Crippen LogP contribution in [0.4, 0.5) is 18.9 Å². The quantitative estimate of drug-likeness (QED) is 0.887. The first-order valence-electron chi connectivity index (χ1n) is 8.76. The molecule has 142 valence electrons. The molecule has 2 heterocycles. The molecule has 1 N–H and O–H groups in total. The van der Waals surface area contributed by atoms with Crippen LogP contribution in [0.3, 0.4) is 0 Å². The van der Waals surface area contributed by atoms with Crippen molar-refractivity contribution >= 4 is 17.5 Å². The molecule has 0 saturated carbocycles. The number of alkyl halides is 3. The number of rotatable bonds is 4. The van der Waals surface area contributed by atoms with Crippen LogP contribution in [0.1, 0.15) is 35.2 Å². The van der Waals surface area contributed by atoms with Gasteiger partial charge in [-0.15, -0.1) is 0 Å². The smallest absolute Gasteiger partial charge is 0.338 e. The first kappa shape index (κ1) is 18.7. The Morgan fingerprint density at radius 1 is 1.27 bits per heavy atom. The van der Waals surface area contributed by atoms with Gasteiger partial charge in [0, 0.05) is 37.3 Å². The molecule has 2 aliphatic rings. The molecule has 0 bridgehead atoms. The lowest BCUT2D eigenvalue weighted by molar-refractivity contribution is -0.137. The summed E-state index contributed by atoms with van der Waals surface area (Å²) in [6.45, 7) is 2.19. The minimum absolute atomic E-state index is 0.0142. The Morgan fingerprint density at radius 3 is 2.65 bits per heavy atom. The van der Waals surface area contributed by atoms with Crippen LogP contribution in [0.15, 0.2) is 18.2 Å². The summed E-state index contributed by atoms with van der Waals surface area (Å²) in [5.41, 5.74) is -0.764. The van der Waals surface area contributed by atoms with Crippen LogP contribution in [0, 0.1) is 5.92 Å². The zero-order chi connectivity index (χ0) is 18.9. The van der Waals surface area contributed by atoms with E-state index in [1.807, 2.05) is 7.05 Å². The monoisotopic (exact) mass is 369 g/mol. The van der Waals surface area contributed by atoms with Gasteiger partial charge in [-0.3, -0.25) is 9.59 Å². The zero-order valence-corrected chi connectivity index (χ0v) is 14.6. The molecule has 26 heavy (non-hydrogen) atoms. The van der Waals surface area contributed by atoms with Gasteiger partial charge in [0.05, 0.1) is 5.56 Å². The van der Waals surface area contributed by atoms with Crippen LogP contribution in [0.2, 0.25) is 0 Å². The molecule has 1 aromatic rings. The van der Waals surface area contributed by atoms with Gasteiger partial charge in [0.15, 0.2) is 0 Å². The molecule has 2 fully saturated rings. The highest BCUT2D eigenvalue weighted by atomic mass is 19.4. The number of carbonyl (C=O) groups excluding carboxylic acids is 2. The number of likely N-dealkylation sites (tertiary alicyclic amines) is 1. The summed E-state index contributed by atoms with van der Waals surface area (Å²) in [6, 6.07) is 3.25. The molecule has 0 aromatic heterocycles. The number of nitrogens with one attached hydrogen (secondary N) is 1. The van der Waals surface area contributed by atoms with Crippen LogP contribution in [0.25, 0.3) is 0 Å². The topological polar surface area (TPSA) is 52.7 Å². The molecule has 2 amide bonds. The maximum Gasteiger partial charge on any atom is 0.416 e. The third kappa shape index (κ3) is 3.85. The summed E-state index contributed by atoms with van der Waals surface area (Å²) in [5, 5.41) is 3.06. The second kappa shape index (κ2) is 7.26. The average Bonchev–Trinajstić information content (AvgIpc) is 3.22. The number of hydrogen-bond donors (Lipinski definition) is 1. The van der Waals surface area contributed by atoms with Crippen molar-refractivity contribution in [2.24, 2.45) is 5.92 Å². The van der Waals surface area contributed by atoms with Crippen molar-refractivity contribution in [3.05, 3.63) is 29.3 Å². The summed E-state index contributed by atoms with van der Waals surface area (Å²) in [5.74, 6) is -0.324. The molecule has 5 nitrogen and oxygen atoms in total. The predicted octanol–water partition coefficient (Wildman–Crippen LogP) is 2.51. The highest BCUT2D eigenvalue weighted by Crippen LogP contribution is 2.34. The number of benzene rings is 1. The second-order valence-electron chi connectivity index (χ2n) is 6.88. The van der Waals surface area contributed by atoms with Crippen molar-refractivity contribution in [1.29, 1.82) is 0 Å². The zero-order valence-electron chi connectivity index (χ0n) is 14.6. The molecule has 2 aliphatic heterocycles. The maximum absolute atomic E-state index is 13.3. The highest BCUT2D eigenvalue weighted by Gasteiger charge is 2.35. The van der Waals surface area contributed by atoms with E-state index in [-0.39, 0.29) is 17.2 Å². The fourth-order valence-corrected chi connectivity index (χ4v) is 3.63. The van der Waals surface area contributed by atoms with Gasteiger partial charge in [-0.05, 0) is 50.6 Å². The van der Waals surface area contributed by atoms with Crippen molar-refractivity contribution in [1.82, 2.24) is 10.2 Å². The van der Waals surface area contributed by atoms with Crippen LogP contribution >= 0.6 is 0 Å². The normalized spacial score (nSPS) is 20.9. The Kier molecular flexibility index (Phi) is 5.22. The highest BCUT2D eigenvalue weighted by molar-refractivity contribution is 5.99. The fraction of sp³-hybridized carbons (Fsp3) is 0.556. The van der Waals surface area contributed by atoms with Crippen molar-refractivity contribution in [2.45, 2.75) is 25.4 Å². The van der Waals surface area contributed by atoms with Crippen LogP contribution in [-0.4, -0.2) is 49.9 Å². The van der Waals surface area contributed by atoms with Crippen molar-refractivity contribution in [2.75, 3.05) is 38.1 Å². The Morgan fingerprint density at radius 2 is 2.04 bits per heavy atom. The summed E-state index contributed by atoms with van der Waals surface area (Å²) in [7, 11) is 1.83. The van der Waals surface area contributed by atoms with E-state index in [4.69, 9.17) is 0 Å². The summed E-state index contributed by atoms with van der Waals surface area (Å²) >= 11 is 0. The molecule has 3 rings (SSSR count). The number of carbonyl (C=O) groups is 2. The SMILES string of the molecule is CNCC1CCN(C(=O)c2cc(N3CCCC3=O)cc(C(F)(F)F)c2)C1. The molecular formula is C18H22F3N3O2. The molecule has 0 radical (unpaired) electrons. The predicted molar refractivity (Wildman–Crippen MR) is 91.0 cm³/mol. The third-order valence-electron chi connectivity index (χ3n) is 4.94. The van der Waals surface area contributed by atoms with Gasteiger partial charge in [-0.1, -0.05) is 0 Å².